The molecule has 1 aromatic heterocycles. The molecule has 3 atom stereocenters. The summed E-state index contributed by atoms with van der Waals surface area (Å²) in [5.74, 6) is -2.86. The second-order valence-electron chi connectivity index (χ2n) is 8.19. The molecule has 11 nitrogen and oxygen atoms in total. The van der Waals surface area contributed by atoms with Crippen LogP contribution >= 0.6 is 0 Å². The van der Waals surface area contributed by atoms with Gasteiger partial charge in [-0.2, -0.15) is 18.2 Å². The standard InChI is InChI=1S/C25H27F3N4O7/c1-2-11-37-15-38-18-12-20(39-19(18)14-33)32-13-17(9-6-10-29-23(35)25(26,27)28)21(31-24(32)36)30-22(34)16-7-4-3-5-8-16/h2-9,13,18-20,33H,1,10-12,14-15H2,(H,29,35)(H,30,31,34,36)/b9-6+/t18-,19-,20-/m1/s1. The first-order valence-electron chi connectivity index (χ1n) is 11.7. The molecule has 14 heteroatoms. The van der Waals surface area contributed by atoms with Crippen LogP contribution in [-0.4, -0.2) is 71.4 Å². The summed E-state index contributed by atoms with van der Waals surface area (Å²) >= 11 is 0. The Bertz CT molecular complexity index is 1230. The summed E-state index contributed by atoms with van der Waals surface area (Å²) in [6.07, 6.45) is -1.89. The second-order valence-corrected chi connectivity index (χ2v) is 8.19. The molecule has 2 aromatic rings. The van der Waals surface area contributed by atoms with Gasteiger partial charge < -0.3 is 30.0 Å². The largest absolute Gasteiger partial charge is 0.471 e. The highest BCUT2D eigenvalue weighted by Crippen LogP contribution is 2.30. The van der Waals surface area contributed by atoms with E-state index in [1.54, 1.807) is 35.6 Å². The number of anilines is 1. The number of rotatable bonds is 12. The number of carbonyl (C=O) groups excluding carboxylic acids is 2. The molecule has 210 valence electrons. The number of alkyl halides is 3. The lowest BCUT2D eigenvalue weighted by atomic mass is 10.2. The Balaban J connectivity index is 1.85. The molecule has 1 fully saturated rings. The Kier molecular flexibility index (Phi) is 10.5. The molecule has 0 saturated carbocycles. The minimum atomic E-state index is -5.05. The van der Waals surface area contributed by atoms with Crippen LogP contribution in [0.25, 0.3) is 6.08 Å². The van der Waals surface area contributed by atoms with Gasteiger partial charge in [0.1, 0.15) is 24.9 Å². The van der Waals surface area contributed by atoms with Crippen LogP contribution in [0.15, 0.2) is 60.1 Å². The number of hydrogen-bond acceptors (Lipinski definition) is 8. The Labute approximate surface area is 220 Å². The summed E-state index contributed by atoms with van der Waals surface area (Å²) in [6, 6.07) is 8.07. The zero-order valence-electron chi connectivity index (χ0n) is 20.6. The molecule has 0 unspecified atom stereocenters. The molecule has 3 rings (SSSR count). The number of aliphatic hydroxyl groups is 1. The number of benzene rings is 1. The summed E-state index contributed by atoms with van der Waals surface area (Å²) in [7, 11) is 0. The third-order valence-electron chi connectivity index (χ3n) is 5.46. The zero-order chi connectivity index (χ0) is 28.4. The van der Waals surface area contributed by atoms with E-state index in [9.17, 15) is 32.7 Å². The van der Waals surface area contributed by atoms with Crippen LogP contribution in [0.2, 0.25) is 0 Å². The molecule has 3 N–H and O–H groups in total. The summed E-state index contributed by atoms with van der Waals surface area (Å²) < 4.78 is 55.0. The first kappa shape index (κ1) is 29.7. The minimum absolute atomic E-state index is 0.0987. The third-order valence-corrected chi connectivity index (χ3v) is 5.46. The van der Waals surface area contributed by atoms with Gasteiger partial charge in [-0.3, -0.25) is 14.2 Å². The summed E-state index contributed by atoms with van der Waals surface area (Å²) in [4.78, 5) is 40.6. The third kappa shape index (κ3) is 8.32. The molecule has 0 spiro atoms. The van der Waals surface area contributed by atoms with Gasteiger partial charge in [-0.25, -0.2) is 4.79 Å². The van der Waals surface area contributed by atoms with Gasteiger partial charge in [0.2, 0.25) is 0 Å². The van der Waals surface area contributed by atoms with E-state index in [4.69, 9.17) is 14.2 Å². The number of hydrogen-bond donors (Lipinski definition) is 3. The van der Waals surface area contributed by atoms with Gasteiger partial charge in [-0.05, 0) is 12.1 Å². The maximum atomic E-state index is 12.9. The topological polar surface area (TPSA) is 141 Å². The first-order chi connectivity index (χ1) is 18.6. The molecule has 2 heterocycles. The van der Waals surface area contributed by atoms with Crippen molar-refractivity contribution in [2.24, 2.45) is 0 Å². The van der Waals surface area contributed by atoms with Crippen LogP contribution in [0.4, 0.5) is 19.0 Å². The Morgan fingerprint density at radius 3 is 2.69 bits per heavy atom. The number of ether oxygens (including phenoxy) is 3. The van der Waals surface area contributed by atoms with E-state index in [1.807, 2.05) is 0 Å². The lowest BCUT2D eigenvalue weighted by Crippen LogP contribution is -2.36. The van der Waals surface area contributed by atoms with Crippen molar-refractivity contribution >= 4 is 23.7 Å². The van der Waals surface area contributed by atoms with Gasteiger partial charge in [-0.15, -0.1) is 6.58 Å². The van der Waals surface area contributed by atoms with Gasteiger partial charge in [0, 0.05) is 30.3 Å². The van der Waals surface area contributed by atoms with Gasteiger partial charge in [0.15, 0.2) is 0 Å². The smallest absolute Gasteiger partial charge is 0.394 e. The van der Waals surface area contributed by atoms with Crippen molar-refractivity contribution in [3.63, 3.8) is 0 Å². The van der Waals surface area contributed by atoms with Crippen LogP contribution in [0, 0.1) is 0 Å². The molecule has 0 radical (unpaired) electrons. The molecule has 2 amide bonds. The van der Waals surface area contributed by atoms with Crippen LogP contribution in [0.1, 0.15) is 28.6 Å². The predicted octanol–water partition coefficient (Wildman–Crippen LogP) is 2.01. The Morgan fingerprint density at radius 2 is 2.03 bits per heavy atom. The predicted molar refractivity (Wildman–Crippen MR) is 132 cm³/mol. The van der Waals surface area contributed by atoms with Crippen molar-refractivity contribution in [3.8, 4) is 0 Å². The maximum Gasteiger partial charge on any atom is 0.471 e. The maximum absolute atomic E-state index is 12.9. The van der Waals surface area contributed by atoms with Crippen molar-refractivity contribution in [1.29, 1.82) is 0 Å². The fourth-order valence-electron chi connectivity index (χ4n) is 3.60. The molecule has 0 bridgehead atoms. The highest BCUT2D eigenvalue weighted by molar-refractivity contribution is 6.04. The quantitative estimate of drug-likeness (QED) is 0.206. The summed E-state index contributed by atoms with van der Waals surface area (Å²) in [6.45, 7) is 2.79. The fourth-order valence-corrected chi connectivity index (χ4v) is 3.60. The van der Waals surface area contributed by atoms with E-state index in [1.165, 1.54) is 24.4 Å². The number of aliphatic hydroxyl groups excluding tert-OH is 1. The van der Waals surface area contributed by atoms with Crippen molar-refractivity contribution in [2.45, 2.75) is 31.0 Å². The van der Waals surface area contributed by atoms with Crippen molar-refractivity contribution in [3.05, 3.63) is 76.9 Å². The number of amides is 2. The van der Waals surface area contributed by atoms with Gasteiger partial charge in [-0.1, -0.05) is 36.4 Å². The molecule has 1 aliphatic rings. The molecule has 1 saturated heterocycles. The highest BCUT2D eigenvalue weighted by Gasteiger charge is 2.38. The van der Waals surface area contributed by atoms with E-state index in [-0.39, 0.29) is 36.8 Å². The van der Waals surface area contributed by atoms with Crippen LogP contribution in [0.5, 0.6) is 0 Å². The van der Waals surface area contributed by atoms with E-state index in [0.717, 1.165) is 4.57 Å². The van der Waals surface area contributed by atoms with Crippen molar-refractivity contribution in [2.75, 3.05) is 31.9 Å². The van der Waals surface area contributed by atoms with Gasteiger partial charge in [0.25, 0.3) is 5.91 Å². The van der Waals surface area contributed by atoms with Gasteiger partial charge in [0.05, 0.1) is 19.3 Å². The first-order valence-corrected chi connectivity index (χ1v) is 11.7. The lowest BCUT2D eigenvalue weighted by Gasteiger charge is -2.17. The Hall–Kier alpha value is -3.85. The minimum Gasteiger partial charge on any atom is -0.394 e. The van der Waals surface area contributed by atoms with Crippen LogP contribution in [-0.2, 0) is 19.0 Å². The number of nitrogens with zero attached hydrogens (tertiary/aromatic N) is 2. The normalized spacial score (nSPS) is 19.2. The lowest BCUT2D eigenvalue weighted by molar-refractivity contribution is -0.173. The van der Waals surface area contributed by atoms with E-state index < -0.39 is 55.3 Å². The van der Waals surface area contributed by atoms with Crippen LogP contribution in [0.3, 0.4) is 0 Å². The van der Waals surface area contributed by atoms with E-state index >= 15 is 0 Å². The number of halogens is 3. The molecular formula is C25H27F3N4O7. The average Bonchev–Trinajstić information content (AvgIpc) is 3.32. The SMILES string of the molecule is C=CCOCO[C@@H]1C[C@H](n2cc(/C=C/CNC(=O)C(F)(F)F)c(NC(=O)c3ccccc3)nc2=O)O[C@@H]1CO. The summed E-state index contributed by atoms with van der Waals surface area (Å²) in [5.41, 5.74) is -0.381. The molecule has 0 aliphatic carbocycles. The average molecular weight is 553 g/mol. The monoisotopic (exact) mass is 552 g/mol. The fraction of sp³-hybridized carbons (Fsp3) is 0.360. The van der Waals surface area contributed by atoms with Crippen molar-refractivity contribution < 1.29 is 42.1 Å². The van der Waals surface area contributed by atoms with Gasteiger partial charge >= 0.3 is 17.8 Å². The van der Waals surface area contributed by atoms with E-state index in [2.05, 4.69) is 16.9 Å². The number of aromatic nitrogens is 2. The second kappa shape index (κ2) is 13.8. The van der Waals surface area contributed by atoms with E-state index in [0.29, 0.717) is 0 Å². The molecule has 1 aromatic carbocycles. The Morgan fingerprint density at radius 1 is 1.28 bits per heavy atom. The molecule has 1 aliphatic heterocycles. The van der Waals surface area contributed by atoms with Crippen LogP contribution < -0.4 is 16.3 Å². The highest BCUT2D eigenvalue weighted by atomic mass is 19.4. The number of carbonyl (C=O) groups is 2. The van der Waals surface area contributed by atoms with Crippen molar-refractivity contribution in [1.82, 2.24) is 14.9 Å². The number of nitrogens with one attached hydrogen (secondary N) is 2. The summed E-state index contributed by atoms with van der Waals surface area (Å²) in [5, 5.41) is 13.9. The zero-order valence-corrected chi connectivity index (χ0v) is 20.6. The molecule has 39 heavy (non-hydrogen) atoms. The molecular weight excluding hydrogens is 525 g/mol.